The summed E-state index contributed by atoms with van der Waals surface area (Å²) in [5, 5.41) is 11.0. The highest BCUT2D eigenvalue weighted by Crippen LogP contribution is 2.68. The van der Waals surface area contributed by atoms with E-state index in [2.05, 4.69) is 34.6 Å². The van der Waals surface area contributed by atoms with Crippen molar-refractivity contribution in [2.24, 2.45) is 34.5 Å². The van der Waals surface area contributed by atoms with Crippen molar-refractivity contribution in [1.29, 1.82) is 0 Å². The quantitative estimate of drug-likeness (QED) is 0.685. The largest absolute Gasteiger partial charge is 0.390 e. The molecule has 2 unspecified atom stereocenters. The van der Waals surface area contributed by atoms with Crippen molar-refractivity contribution in [3.63, 3.8) is 0 Å². The third-order valence-electron chi connectivity index (χ3n) is 9.25. The van der Waals surface area contributed by atoms with Gasteiger partial charge in [-0.3, -0.25) is 4.79 Å². The minimum atomic E-state index is -0.499. The highest BCUT2D eigenvalue weighted by molar-refractivity contribution is 5.96. The molecule has 0 aliphatic heterocycles. The normalized spacial score (nSPS) is 54.3. The average Bonchev–Trinajstić information content (AvgIpc) is 2.74. The smallest absolute Gasteiger partial charge is 0.158 e. The Morgan fingerprint density at radius 3 is 2.42 bits per heavy atom. The number of aliphatic hydroxyl groups is 1. The second-order valence-corrected chi connectivity index (χ2v) is 10.2. The summed E-state index contributed by atoms with van der Waals surface area (Å²) in [5.41, 5.74) is 2.39. The molecule has 0 heterocycles. The number of carbonyl (C=O) groups excluding carboxylic acids is 1. The van der Waals surface area contributed by atoms with Gasteiger partial charge in [-0.1, -0.05) is 26.3 Å². The highest BCUT2D eigenvalue weighted by atomic mass is 16.3. The zero-order chi connectivity index (χ0) is 17.5. The van der Waals surface area contributed by atoms with E-state index in [-0.39, 0.29) is 10.8 Å². The third-order valence-corrected chi connectivity index (χ3v) is 9.25. The van der Waals surface area contributed by atoms with Crippen molar-refractivity contribution < 1.29 is 9.90 Å². The lowest BCUT2D eigenvalue weighted by atomic mass is 9.44. The summed E-state index contributed by atoms with van der Waals surface area (Å²) < 4.78 is 0. The van der Waals surface area contributed by atoms with Gasteiger partial charge in [-0.2, -0.15) is 0 Å². The SMILES string of the molecule is CC1=C2C(C)C[C@@H]3[C@@H](CC[C@@]4(C)[C@H]3CCC4(C)O)[C@@]2(C)CCC1=O. The summed E-state index contributed by atoms with van der Waals surface area (Å²) >= 11 is 0. The van der Waals surface area contributed by atoms with Gasteiger partial charge in [0, 0.05) is 6.42 Å². The van der Waals surface area contributed by atoms with Gasteiger partial charge in [-0.15, -0.1) is 0 Å². The zero-order valence-electron chi connectivity index (χ0n) is 16.1. The fourth-order valence-corrected chi connectivity index (χ4v) is 7.77. The molecule has 2 nitrogen and oxygen atoms in total. The molecule has 24 heavy (non-hydrogen) atoms. The Balaban J connectivity index is 1.77. The van der Waals surface area contributed by atoms with E-state index in [4.69, 9.17) is 0 Å². The monoisotopic (exact) mass is 330 g/mol. The van der Waals surface area contributed by atoms with Crippen LogP contribution >= 0.6 is 0 Å². The van der Waals surface area contributed by atoms with Gasteiger partial charge >= 0.3 is 0 Å². The molecule has 4 aliphatic carbocycles. The molecule has 1 N–H and O–H groups in total. The fraction of sp³-hybridized carbons (Fsp3) is 0.864. The van der Waals surface area contributed by atoms with E-state index in [9.17, 15) is 9.90 Å². The molecule has 3 saturated carbocycles. The second-order valence-electron chi connectivity index (χ2n) is 10.2. The molecule has 0 aromatic rings. The molecule has 2 heteroatoms. The maximum absolute atomic E-state index is 12.3. The van der Waals surface area contributed by atoms with E-state index in [1.165, 1.54) is 24.8 Å². The molecular weight excluding hydrogens is 296 g/mol. The Labute approximate surface area is 147 Å². The molecule has 0 bridgehead atoms. The predicted octanol–water partition coefficient (Wildman–Crippen LogP) is 4.91. The van der Waals surface area contributed by atoms with Gasteiger partial charge in [0.25, 0.3) is 0 Å². The summed E-state index contributed by atoms with van der Waals surface area (Å²) in [6, 6.07) is 0. The fourth-order valence-electron chi connectivity index (χ4n) is 7.77. The lowest BCUT2D eigenvalue weighted by molar-refractivity contribution is -0.128. The first-order chi connectivity index (χ1) is 11.1. The standard InChI is InChI=1S/C22H34O2/c1-13-12-15-16(20(3)9-8-18(23)14(2)19(13)20)6-10-21(4)17(15)7-11-22(21,5)24/h13,15-17,24H,6-12H2,1-5H3/t13?,15-,16-,17+,20-,21+,22?/m1/s1. The number of allylic oxidation sites excluding steroid dienone is 1. The topological polar surface area (TPSA) is 37.3 Å². The van der Waals surface area contributed by atoms with Crippen LogP contribution in [0.1, 0.15) is 79.6 Å². The predicted molar refractivity (Wildman–Crippen MR) is 96.5 cm³/mol. The van der Waals surface area contributed by atoms with E-state index in [1.54, 1.807) is 0 Å². The molecule has 4 aliphatic rings. The molecule has 0 saturated heterocycles. The van der Waals surface area contributed by atoms with Gasteiger partial charge in [0.15, 0.2) is 5.78 Å². The molecule has 7 atom stereocenters. The Hall–Kier alpha value is -0.630. The number of fused-ring (bicyclic) bond motifs is 5. The first-order valence-corrected chi connectivity index (χ1v) is 10.1. The van der Waals surface area contributed by atoms with Gasteiger partial charge in [0.1, 0.15) is 0 Å². The number of carbonyl (C=O) groups is 1. The van der Waals surface area contributed by atoms with Crippen molar-refractivity contribution in [3.05, 3.63) is 11.1 Å². The molecule has 0 aromatic carbocycles. The number of hydrogen-bond donors (Lipinski definition) is 1. The molecular formula is C22H34O2. The average molecular weight is 331 g/mol. The molecule has 0 amide bonds. The van der Waals surface area contributed by atoms with Crippen molar-refractivity contribution in [2.45, 2.75) is 85.2 Å². The van der Waals surface area contributed by atoms with Crippen molar-refractivity contribution in [2.75, 3.05) is 0 Å². The summed E-state index contributed by atoms with van der Waals surface area (Å²) in [6.07, 6.45) is 7.52. The molecule has 0 radical (unpaired) electrons. The van der Waals surface area contributed by atoms with Gasteiger partial charge in [-0.05, 0) is 92.4 Å². The van der Waals surface area contributed by atoms with Crippen molar-refractivity contribution >= 4 is 5.78 Å². The highest BCUT2D eigenvalue weighted by Gasteiger charge is 2.63. The second kappa shape index (κ2) is 4.96. The van der Waals surface area contributed by atoms with Crippen molar-refractivity contribution in [1.82, 2.24) is 0 Å². The Bertz CT molecular complexity index is 615. The van der Waals surface area contributed by atoms with Crippen LogP contribution in [0.3, 0.4) is 0 Å². The van der Waals surface area contributed by atoms with Crippen LogP contribution in [0.25, 0.3) is 0 Å². The van der Waals surface area contributed by atoms with Crippen LogP contribution in [0.15, 0.2) is 11.1 Å². The van der Waals surface area contributed by atoms with Crippen LogP contribution in [0.2, 0.25) is 0 Å². The van der Waals surface area contributed by atoms with E-state index < -0.39 is 5.60 Å². The third kappa shape index (κ3) is 1.90. The first kappa shape index (κ1) is 16.8. The minimum absolute atomic E-state index is 0.0883. The number of ketones is 1. The van der Waals surface area contributed by atoms with E-state index >= 15 is 0 Å². The van der Waals surface area contributed by atoms with Crippen LogP contribution in [0.4, 0.5) is 0 Å². The summed E-state index contributed by atoms with van der Waals surface area (Å²) in [7, 11) is 0. The van der Waals surface area contributed by atoms with Gasteiger partial charge in [-0.25, -0.2) is 0 Å². The maximum Gasteiger partial charge on any atom is 0.158 e. The Kier molecular flexibility index (Phi) is 3.48. The van der Waals surface area contributed by atoms with Gasteiger partial charge in [0.05, 0.1) is 5.60 Å². The molecule has 0 aromatic heterocycles. The Morgan fingerprint density at radius 1 is 1.04 bits per heavy atom. The summed E-state index contributed by atoms with van der Waals surface area (Å²) in [5.74, 6) is 3.00. The van der Waals surface area contributed by atoms with Crippen molar-refractivity contribution in [3.8, 4) is 0 Å². The number of Topliss-reactive ketones (excluding diaryl/α,β-unsaturated/α-hetero) is 1. The van der Waals surface area contributed by atoms with Crippen LogP contribution in [-0.4, -0.2) is 16.5 Å². The zero-order valence-corrected chi connectivity index (χ0v) is 16.1. The molecule has 3 fully saturated rings. The maximum atomic E-state index is 12.3. The number of hydrogen-bond acceptors (Lipinski definition) is 2. The van der Waals surface area contributed by atoms with Crippen LogP contribution in [-0.2, 0) is 4.79 Å². The first-order valence-electron chi connectivity index (χ1n) is 10.1. The van der Waals surface area contributed by atoms with Gasteiger partial charge < -0.3 is 5.11 Å². The van der Waals surface area contributed by atoms with E-state index in [0.717, 1.165) is 37.2 Å². The number of rotatable bonds is 0. The van der Waals surface area contributed by atoms with Crippen LogP contribution in [0.5, 0.6) is 0 Å². The molecule has 134 valence electrons. The lowest BCUT2D eigenvalue weighted by Gasteiger charge is -2.60. The van der Waals surface area contributed by atoms with Crippen LogP contribution in [0, 0.1) is 34.5 Å². The Morgan fingerprint density at radius 2 is 1.71 bits per heavy atom. The van der Waals surface area contributed by atoms with Crippen LogP contribution < -0.4 is 0 Å². The minimum Gasteiger partial charge on any atom is -0.390 e. The van der Waals surface area contributed by atoms with E-state index in [1.807, 2.05) is 0 Å². The summed E-state index contributed by atoms with van der Waals surface area (Å²) in [4.78, 5) is 12.3. The molecule has 0 spiro atoms. The summed E-state index contributed by atoms with van der Waals surface area (Å²) in [6.45, 7) is 11.3. The van der Waals surface area contributed by atoms with Gasteiger partial charge in [0.2, 0.25) is 0 Å². The molecule has 4 rings (SSSR count). The van der Waals surface area contributed by atoms with E-state index in [0.29, 0.717) is 23.5 Å². The lowest BCUT2D eigenvalue weighted by Crippen LogP contribution is -2.55.